The summed E-state index contributed by atoms with van der Waals surface area (Å²) in [5, 5.41) is 4.65. The van der Waals surface area contributed by atoms with Crippen LogP contribution in [0.5, 0.6) is 0 Å². The Morgan fingerprint density at radius 1 is 1.13 bits per heavy atom. The van der Waals surface area contributed by atoms with Crippen molar-refractivity contribution in [3.8, 4) is 10.6 Å². The number of piperazine rings is 1. The smallest absolute Gasteiger partial charge is 0.289 e. The van der Waals surface area contributed by atoms with Gasteiger partial charge in [-0.15, -0.1) is 0 Å². The highest BCUT2D eigenvalue weighted by atomic mass is 32.1. The molecule has 0 aliphatic carbocycles. The molecule has 3 aromatic heterocycles. The summed E-state index contributed by atoms with van der Waals surface area (Å²) in [5.74, 6) is -0.172. The quantitative estimate of drug-likeness (QED) is 0.486. The summed E-state index contributed by atoms with van der Waals surface area (Å²) < 4.78 is 20.5. The first-order valence-corrected chi connectivity index (χ1v) is 10.6. The number of hydrogen-bond acceptors (Lipinski definition) is 7. The fourth-order valence-corrected chi connectivity index (χ4v) is 4.53. The van der Waals surface area contributed by atoms with Crippen LogP contribution >= 0.6 is 11.3 Å². The normalized spacial score (nSPS) is 14.9. The summed E-state index contributed by atoms with van der Waals surface area (Å²) in [5.41, 5.74) is 0.668. The van der Waals surface area contributed by atoms with E-state index in [0.29, 0.717) is 59.7 Å². The minimum atomic E-state index is -0.392. The highest BCUT2D eigenvalue weighted by molar-refractivity contribution is 7.19. The third kappa shape index (κ3) is 3.87. The lowest BCUT2D eigenvalue weighted by molar-refractivity contribution is 0.0596. The van der Waals surface area contributed by atoms with Crippen molar-refractivity contribution in [2.24, 2.45) is 0 Å². The van der Waals surface area contributed by atoms with Crippen LogP contribution < -0.4 is 5.56 Å². The van der Waals surface area contributed by atoms with E-state index in [0.717, 1.165) is 0 Å². The van der Waals surface area contributed by atoms with Crippen molar-refractivity contribution in [1.82, 2.24) is 24.4 Å². The van der Waals surface area contributed by atoms with Crippen molar-refractivity contribution in [3.05, 3.63) is 76.4 Å². The maximum atomic E-state index is 14.1. The van der Waals surface area contributed by atoms with Gasteiger partial charge in [-0.2, -0.15) is 9.61 Å². The van der Waals surface area contributed by atoms with E-state index < -0.39 is 5.82 Å². The second kappa shape index (κ2) is 8.05. The molecule has 0 atom stereocenters. The lowest BCUT2D eigenvalue weighted by Gasteiger charge is -2.34. The molecular weight excluding hydrogens is 421 g/mol. The van der Waals surface area contributed by atoms with Gasteiger partial charge in [-0.3, -0.25) is 14.5 Å². The zero-order valence-corrected chi connectivity index (χ0v) is 17.2. The Kier molecular flexibility index (Phi) is 5.08. The number of carbonyl (C=O) groups excluding carboxylic acids is 1. The van der Waals surface area contributed by atoms with Crippen molar-refractivity contribution >= 4 is 22.2 Å². The number of furan rings is 1. The van der Waals surface area contributed by atoms with Gasteiger partial charge in [0.1, 0.15) is 5.82 Å². The summed E-state index contributed by atoms with van der Waals surface area (Å²) in [7, 11) is 0. The van der Waals surface area contributed by atoms with E-state index in [-0.39, 0.29) is 11.5 Å². The first-order chi connectivity index (χ1) is 15.1. The average molecular weight is 439 g/mol. The molecule has 0 saturated carbocycles. The first kappa shape index (κ1) is 19.6. The fraction of sp³-hybridized carbons (Fsp3) is 0.238. The Hall–Kier alpha value is -3.37. The van der Waals surface area contributed by atoms with E-state index >= 15 is 0 Å². The van der Waals surface area contributed by atoms with Crippen molar-refractivity contribution in [1.29, 1.82) is 0 Å². The highest BCUT2D eigenvalue weighted by Gasteiger charge is 2.24. The Bertz CT molecular complexity index is 1290. The van der Waals surface area contributed by atoms with Gasteiger partial charge in [0.25, 0.3) is 11.5 Å². The fourth-order valence-electron chi connectivity index (χ4n) is 3.57. The number of nitrogens with zero attached hydrogens (tertiary/aromatic N) is 5. The third-order valence-electron chi connectivity index (χ3n) is 5.18. The average Bonchev–Trinajstić information content (AvgIpc) is 3.45. The van der Waals surface area contributed by atoms with Gasteiger partial charge in [-0.1, -0.05) is 23.5 Å². The number of amides is 1. The summed E-state index contributed by atoms with van der Waals surface area (Å²) in [6, 6.07) is 11.1. The second-order valence-electron chi connectivity index (χ2n) is 7.21. The maximum absolute atomic E-state index is 14.1. The van der Waals surface area contributed by atoms with E-state index in [1.165, 1.54) is 34.2 Å². The SMILES string of the molecule is O=C(c1ccco1)N1CCN(Cc2cc(=O)n3nc(-c4ccccc4F)sc3n2)CC1. The van der Waals surface area contributed by atoms with Crippen LogP contribution in [-0.2, 0) is 6.54 Å². The number of hydrogen-bond donors (Lipinski definition) is 0. The Morgan fingerprint density at radius 2 is 1.94 bits per heavy atom. The van der Waals surface area contributed by atoms with Crippen LogP contribution in [0.15, 0.2) is 57.9 Å². The summed E-state index contributed by atoms with van der Waals surface area (Å²) in [6.45, 7) is 2.95. The molecule has 0 spiro atoms. The molecule has 10 heteroatoms. The Labute approximate surface area is 180 Å². The standard InChI is InChI=1S/C21H18FN5O3S/c22-16-5-2-1-4-15(16)19-24-27-18(28)12-14(23-21(27)31-19)13-25-7-9-26(10-8-25)20(29)17-6-3-11-30-17/h1-6,11-12H,7-10,13H2. The van der Waals surface area contributed by atoms with Gasteiger partial charge in [0.2, 0.25) is 4.96 Å². The molecule has 0 radical (unpaired) electrons. The summed E-state index contributed by atoms with van der Waals surface area (Å²) in [6.07, 6.45) is 1.49. The molecule has 0 bridgehead atoms. The number of benzene rings is 1. The minimum Gasteiger partial charge on any atom is -0.459 e. The number of halogens is 1. The van der Waals surface area contributed by atoms with Crippen molar-refractivity contribution in [2.45, 2.75) is 6.54 Å². The van der Waals surface area contributed by atoms with Crippen molar-refractivity contribution in [2.75, 3.05) is 26.2 Å². The van der Waals surface area contributed by atoms with Crippen LogP contribution in [0.2, 0.25) is 0 Å². The van der Waals surface area contributed by atoms with Crippen LogP contribution in [0.25, 0.3) is 15.5 Å². The van der Waals surface area contributed by atoms with Gasteiger partial charge >= 0.3 is 0 Å². The molecule has 4 heterocycles. The van der Waals surface area contributed by atoms with Crippen LogP contribution in [0.4, 0.5) is 4.39 Å². The number of rotatable bonds is 4. The van der Waals surface area contributed by atoms with Crippen molar-refractivity contribution in [3.63, 3.8) is 0 Å². The zero-order valence-electron chi connectivity index (χ0n) is 16.4. The molecule has 158 valence electrons. The number of carbonyl (C=O) groups is 1. The van der Waals surface area contributed by atoms with E-state index in [1.807, 2.05) is 0 Å². The highest BCUT2D eigenvalue weighted by Crippen LogP contribution is 2.26. The zero-order chi connectivity index (χ0) is 21.4. The topological polar surface area (TPSA) is 84.0 Å². The van der Waals surface area contributed by atoms with Gasteiger partial charge in [-0.25, -0.2) is 9.37 Å². The molecule has 8 nitrogen and oxygen atoms in total. The van der Waals surface area contributed by atoms with Crippen LogP contribution in [0.3, 0.4) is 0 Å². The van der Waals surface area contributed by atoms with Crippen LogP contribution in [-0.4, -0.2) is 56.5 Å². The monoisotopic (exact) mass is 439 g/mol. The molecule has 1 aliphatic heterocycles. The van der Waals surface area contributed by atoms with Crippen LogP contribution in [0.1, 0.15) is 16.2 Å². The summed E-state index contributed by atoms with van der Waals surface area (Å²) in [4.78, 5) is 33.8. The molecule has 0 N–H and O–H groups in total. The molecule has 1 fully saturated rings. The molecule has 31 heavy (non-hydrogen) atoms. The largest absolute Gasteiger partial charge is 0.459 e. The first-order valence-electron chi connectivity index (χ1n) is 9.78. The molecule has 0 unspecified atom stereocenters. The lowest BCUT2D eigenvalue weighted by Crippen LogP contribution is -2.48. The third-order valence-corrected chi connectivity index (χ3v) is 6.12. The lowest BCUT2D eigenvalue weighted by atomic mass is 10.2. The Balaban J connectivity index is 1.31. The number of fused-ring (bicyclic) bond motifs is 1. The maximum Gasteiger partial charge on any atom is 0.289 e. The van der Waals surface area contributed by atoms with Gasteiger partial charge in [-0.05, 0) is 24.3 Å². The van der Waals surface area contributed by atoms with E-state index in [2.05, 4.69) is 15.0 Å². The van der Waals surface area contributed by atoms with E-state index in [4.69, 9.17) is 4.42 Å². The molecule has 1 amide bonds. The second-order valence-corrected chi connectivity index (χ2v) is 8.17. The van der Waals surface area contributed by atoms with Gasteiger partial charge in [0.15, 0.2) is 10.8 Å². The summed E-state index contributed by atoms with van der Waals surface area (Å²) >= 11 is 1.18. The van der Waals surface area contributed by atoms with E-state index in [1.54, 1.807) is 35.2 Å². The molecule has 1 saturated heterocycles. The van der Waals surface area contributed by atoms with Gasteiger partial charge in [0.05, 0.1) is 12.0 Å². The van der Waals surface area contributed by atoms with Gasteiger partial charge < -0.3 is 9.32 Å². The number of aromatic nitrogens is 3. The predicted molar refractivity (Wildman–Crippen MR) is 112 cm³/mol. The molecule has 1 aromatic carbocycles. The van der Waals surface area contributed by atoms with E-state index in [9.17, 15) is 14.0 Å². The minimum absolute atomic E-state index is 0.118. The predicted octanol–water partition coefficient (Wildman–Crippen LogP) is 2.51. The van der Waals surface area contributed by atoms with Crippen molar-refractivity contribution < 1.29 is 13.6 Å². The molecule has 5 rings (SSSR count). The molecule has 4 aromatic rings. The van der Waals surface area contributed by atoms with Crippen LogP contribution in [0, 0.1) is 5.82 Å². The molecule has 1 aliphatic rings. The Morgan fingerprint density at radius 3 is 2.68 bits per heavy atom. The molecular formula is C21H18FN5O3S. The van der Waals surface area contributed by atoms with Gasteiger partial charge in [0, 0.05) is 44.4 Å².